The van der Waals surface area contributed by atoms with Crippen molar-refractivity contribution in [2.24, 2.45) is 0 Å². The Morgan fingerprint density at radius 3 is 2.50 bits per heavy atom. The molecule has 0 unspecified atom stereocenters. The maximum Gasteiger partial charge on any atom is 0.471 e. The van der Waals surface area contributed by atoms with Gasteiger partial charge in [-0.25, -0.2) is 0 Å². The topological polar surface area (TPSA) is 60.9 Å². The first-order valence-corrected chi connectivity index (χ1v) is 7.01. The van der Waals surface area contributed by atoms with E-state index in [0.29, 0.717) is 17.7 Å². The molecule has 0 saturated carbocycles. The molecule has 0 saturated heterocycles. The zero-order valence-corrected chi connectivity index (χ0v) is 12.5. The first-order chi connectivity index (χ1) is 11.3. The third kappa shape index (κ3) is 3.22. The molecule has 24 heavy (non-hydrogen) atoms. The fourth-order valence-corrected chi connectivity index (χ4v) is 2.19. The average Bonchev–Trinajstić information content (AvgIpc) is 3.03. The molecule has 0 fully saturated rings. The fourth-order valence-electron chi connectivity index (χ4n) is 2.19. The fraction of sp³-hybridized carbons (Fsp3) is 0.188. The third-order valence-electron chi connectivity index (χ3n) is 3.44. The van der Waals surface area contributed by atoms with Crippen LogP contribution in [0.2, 0.25) is 0 Å². The number of aromatic nitrogens is 3. The predicted octanol–water partition coefficient (Wildman–Crippen LogP) is 3.27. The van der Waals surface area contributed by atoms with E-state index >= 15 is 0 Å². The number of aryl methyl sites for hydroxylation is 1. The van der Waals surface area contributed by atoms with Crippen LogP contribution >= 0.6 is 0 Å². The summed E-state index contributed by atoms with van der Waals surface area (Å²) in [4.78, 5) is 15.3. The molecule has 0 radical (unpaired) electrons. The van der Waals surface area contributed by atoms with E-state index in [0.717, 1.165) is 5.56 Å². The molecule has 0 spiro atoms. The lowest BCUT2D eigenvalue weighted by atomic mass is 10.1. The average molecular weight is 335 g/mol. The van der Waals surface area contributed by atoms with Crippen LogP contribution in [0.25, 0.3) is 11.4 Å². The van der Waals surface area contributed by atoms with Crippen molar-refractivity contribution in [3.8, 4) is 11.4 Å². The molecule has 5 nitrogen and oxygen atoms in total. The summed E-state index contributed by atoms with van der Waals surface area (Å²) in [5.41, 5.74) is 1.77. The van der Waals surface area contributed by atoms with Gasteiger partial charge in [-0.15, -0.1) is 0 Å². The van der Waals surface area contributed by atoms with Crippen molar-refractivity contribution in [3.05, 3.63) is 70.0 Å². The Morgan fingerprint density at radius 1 is 1.17 bits per heavy atom. The largest absolute Gasteiger partial charge is 0.471 e. The first kappa shape index (κ1) is 16.0. The van der Waals surface area contributed by atoms with Crippen LogP contribution in [0.1, 0.15) is 17.0 Å². The van der Waals surface area contributed by atoms with E-state index < -0.39 is 12.1 Å². The lowest BCUT2D eigenvalue weighted by Gasteiger charge is -2.07. The van der Waals surface area contributed by atoms with Crippen molar-refractivity contribution >= 4 is 0 Å². The number of rotatable bonds is 3. The van der Waals surface area contributed by atoms with Gasteiger partial charge in [-0.05, 0) is 18.6 Å². The third-order valence-corrected chi connectivity index (χ3v) is 3.44. The quantitative estimate of drug-likeness (QED) is 0.737. The lowest BCUT2D eigenvalue weighted by molar-refractivity contribution is -0.159. The van der Waals surface area contributed by atoms with Crippen molar-refractivity contribution in [3.63, 3.8) is 0 Å². The maximum atomic E-state index is 12.5. The summed E-state index contributed by atoms with van der Waals surface area (Å²) in [5, 5.41) is 3.33. The second-order valence-electron chi connectivity index (χ2n) is 5.24. The molecule has 0 N–H and O–H groups in total. The van der Waals surface area contributed by atoms with Gasteiger partial charge in [0.15, 0.2) is 0 Å². The maximum absolute atomic E-state index is 12.5. The van der Waals surface area contributed by atoms with Crippen LogP contribution in [0.5, 0.6) is 0 Å². The monoisotopic (exact) mass is 335 g/mol. The van der Waals surface area contributed by atoms with Gasteiger partial charge in [0.05, 0.1) is 6.54 Å². The molecule has 2 aromatic heterocycles. The molecule has 124 valence electrons. The summed E-state index contributed by atoms with van der Waals surface area (Å²) in [5.74, 6) is -1.52. The summed E-state index contributed by atoms with van der Waals surface area (Å²) < 4.78 is 43.2. The molecular formula is C16H12F3N3O2. The van der Waals surface area contributed by atoms with Crippen LogP contribution < -0.4 is 5.56 Å². The molecule has 3 rings (SSSR count). The van der Waals surface area contributed by atoms with Crippen LogP contribution in [0.3, 0.4) is 0 Å². The van der Waals surface area contributed by atoms with E-state index in [1.54, 1.807) is 54.1 Å². The van der Waals surface area contributed by atoms with Crippen molar-refractivity contribution in [1.82, 2.24) is 14.7 Å². The highest BCUT2D eigenvalue weighted by molar-refractivity contribution is 5.54. The van der Waals surface area contributed by atoms with E-state index in [-0.39, 0.29) is 11.4 Å². The van der Waals surface area contributed by atoms with Gasteiger partial charge in [-0.2, -0.15) is 18.2 Å². The minimum atomic E-state index is -4.67. The second kappa shape index (κ2) is 5.95. The highest BCUT2D eigenvalue weighted by Gasteiger charge is 2.38. The van der Waals surface area contributed by atoms with Crippen LogP contribution in [-0.4, -0.2) is 14.7 Å². The molecule has 0 aliphatic carbocycles. The first-order valence-electron chi connectivity index (χ1n) is 7.01. The Labute approximate surface area is 134 Å². The molecule has 0 aliphatic heterocycles. The van der Waals surface area contributed by atoms with Crippen molar-refractivity contribution in [1.29, 1.82) is 0 Å². The summed E-state index contributed by atoms with van der Waals surface area (Å²) in [7, 11) is 0. The molecule has 0 amide bonds. The minimum absolute atomic E-state index is 0.0884. The Bertz CT molecular complexity index is 911. The Morgan fingerprint density at radius 2 is 1.88 bits per heavy atom. The summed E-state index contributed by atoms with van der Waals surface area (Å²) in [6, 6.07) is 10.1. The number of hydrogen-bond donors (Lipinski definition) is 0. The predicted molar refractivity (Wildman–Crippen MR) is 79.3 cm³/mol. The smallest absolute Gasteiger partial charge is 0.329 e. The molecule has 2 heterocycles. The number of hydrogen-bond acceptors (Lipinski definition) is 4. The van der Waals surface area contributed by atoms with Gasteiger partial charge in [-0.1, -0.05) is 35.5 Å². The number of pyridine rings is 1. The highest BCUT2D eigenvalue weighted by atomic mass is 19.4. The molecule has 0 bridgehead atoms. The van der Waals surface area contributed by atoms with Gasteiger partial charge in [-0.3, -0.25) is 4.79 Å². The normalized spacial score (nSPS) is 11.7. The van der Waals surface area contributed by atoms with E-state index in [1.165, 1.54) is 0 Å². The van der Waals surface area contributed by atoms with Gasteiger partial charge in [0.25, 0.3) is 5.56 Å². The van der Waals surface area contributed by atoms with Gasteiger partial charge < -0.3 is 9.09 Å². The van der Waals surface area contributed by atoms with Crippen molar-refractivity contribution in [2.75, 3.05) is 0 Å². The van der Waals surface area contributed by atoms with Gasteiger partial charge in [0, 0.05) is 17.3 Å². The zero-order valence-electron chi connectivity index (χ0n) is 12.5. The van der Waals surface area contributed by atoms with E-state index in [2.05, 4.69) is 14.7 Å². The number of alkyl halides is 3. The van der Waals surface area contributed by atoms with Crippen molar-refractivity contribution in [2.45, 2.75) is 19.6 Å². The summed E-state index contributed by atoms with van der Waals surface area (Å²) in [6.45, 7) is 2.09. The molecule has 0 aliphatic rings. The number of benzene rings is 1. The zero-order chi connectivity index (χ0) is 17.3. The van der Waals surface area contributed by atoms with Crippen LogP contribution in [0, 0.1) is 6.92 Å². The van der Waals surface area contributed by atoms with E-state index in [4.69, 9.17) is 0 Å². The Hall–Kier alpha value is -2.90. The number of halogens is 3. The standard InChI is InChI=1S/C16H12F3N3O2/c1-10-3-2-8-22(14(10)23)9-11-4-6-12(7-5-11)13-20-15(24-21-13)16(17,18)19/h2-8H,9H2,1H3. The molecular weight excluding hydrogens is 323 g/mol. The van der Waals surface area contributed by atoms with Crippen LogP contribution in [-0.2, 0) is 12.7 Å². The minimum Gasteiger partial charge on any atom is -0.329 e. The lowest BCUT2D eigenvalue weighted by Crippen LogP contribution is -2.21. The Balaban J connectivity index is 1.82. The Kier molecular flexibility index (Phi) is 3.96. The van der Waals surface area contributed by atoms with Crippen LogP contribution in [0.15, 0.2) is 51.9 Å². The summed E-state index contributed by atoms with van der Waals surface area (Å²) >= 11 is 0. The van der Waals surface area contributed by atoms with E-state index in [1.807, 2.05) is 0 Å². The van der Waals surface area contributed by atoms with Gasteiger partial charge in [0.2, 0.25) is 5.82 Å². The van der Waals surface area contributed by atoms with Gasteiger partial charge >= 0.3 is 12.1 Å². The SMILES string of the molecule is Cc1cccn(Cc2ccc(-c3noc(C(F)(F)F)n3)cc2)c1=O. The highest BCUT2D eigenvalue weighted by Crippen LogP contribution is 2.29. The van der Waals surface area contributed by atoms with Gasteiger partial charge in [0.1, 0.15) is 0 Å². The molecule has 8 heteroatoms. The van der Waals surface area contributed by atoms with Crippen molar-refractivity contribution < 1.29 is 17.7 Å². The summed E-state index contributed by atoms with van der Waals surface area (Å²) in [6.07, 6.45) is -2.99. The van der Waals surface area contributed by atoms with E-state index in [9.17, 15) is 18.0 Å². The molecule has 0 atom stereocenters. The molecule has 1 aromatic carbocycles. The molecule has 3 aromatic rings. The number of nitrogens with zero attached hydrogens (tertiary/aromatic N) is 3. The van der Waals surface area contributed by atoms with Crippen LogP contribution in [0.4, 0.5) is 13.2 Å². The second-order valence-corrected chi connectivity index (χ2v) is 5.24.